The minimum atomic E-state index is -0.378. The smallest absolute Gasteiger partial charge is 0.279 e. The molecule has 0 aliphatic carbocycles. The molecule has 0 bridgehead atoms. The molecule has 4 rings (SSSR count). The first-order valence-electron chi connectivity index (χ1n) is 8.66. The van der Waals surface area contributed by atoms with Crippen LogP contribution >= 0.6 is 11.3 Å². The number of aromatic nitrogens is 1. The molecule has 0 unspecified atom stereocenters. The highest BCUT2D eigenvalue weighted by Crippen LogP contribution is 2.32. The molecule has 2 aromatic carbocycles. The van der Waals surface area contributed by atoms with E-state index in [-0.39, 0.29) is 11.8 Å². The Morgan fingerprint density at radius 3 is 2.46 bits per heavy atom. The quantitative estimate of drug-likeness (QED) is 0.512. The molecule has 0 spiro atoms. The van der Waals surface area contributed by atoms with Crippen LogP contribution in [-0.2, 0) is 0 Å². The second-order valence-electron chi connectivity index (χ2n) is 6.30. The zero-order chi connectivity index (χ0) is 19.7. The van der Waals surface area contributed by atoms with Crippen molar-refractivity contribution < 1.29 is 14.1 Å². The first kappa shape index (κ1) is 17.9. The molecule has 0 aliphatic rings. The van der Waals surface area contributed by atoms with Gasteiger partial charge in [0.05, 0.1) is 16.1 Å². The van der Waals surface area contributed by atoms with Crippen LogP contribution in [0, 0.1) is 13.8 Å². The fourth-order valence-electron chi connectivity index (χ4n) is 3.09. The number of aryl methyl sites for hydroxylation is 2. The summed E-state index contributed by atoms with van der Waals surface area (Å²) in [6, 6.07) is 16.6. The highest BCUT2D eigenvalue weighted by Gasteiger charge is 2.17. The third-order valence-corrected chi connectivity index (χ3v) is 5.53. The van der Waals surface area contributed by atoms with Crippen molar-refractivity contribution in [2.45, 2.75) is 13.8 Å². The summed E-state index contributed by atoms with van der Waals surface area (Å²) < 4.78 is 5.18. The molecule has 7 heteroatoms. The number of rotatable bonds is 3. The number of hydrazine groups is 1. The Labute approximate surface area is 165 Å². The Morgan fingerprint density at radius 2 is 1.68 bits per heavy atom. The van der Waals surface area contributed by atoms with Gasteiger partial charge in [-0.05, 0) is 42.8 Å². The predicted molar refractivity (Wildman–Crippen MR) is 108 cm³/mol. The fraction of sp³-hybridized carbons (Fsp3) is 0.0952. The maximum atomic E-state index is 12.5. The number of nitrogens with zero attached hydrogens (tertiary/aromatic N) is 1. The average Bonchev–Trinajstić information content (AvgIpc) is 3.31. The second kappa shape index (κ2) is 7.28. The number of nitrogens with one attached hydrogen (secondary N) is 2. The highest BCUT2D eigenvalue weighted by molar-refractivity contribution is 7.17. The van der Waals surface area contributed by atoms with Crippen LogP contribution in [-0.4, -0.2) is 17.0 Å². The number of carbonyl (C=O) groups excluding carboxylic acids is 2. The molecule has 2 amide bonds. The molecule has 0 saturated carbocycles. The van der Waals surface area contributed by atoms with E-state index in [1.54, 1.807) is 12.1 Å². The molecular weight excluding hydrogens is 374 g/mol. The van der Waals surface area contributed by atoms with E-state index in [1.165, 1.54) is 11.3 Å². The van der Waals surface area contributed by atoms with E-state index >= 15 is 0 Å². The molecule has 6 nitrogen and oxygen atoms in total. The zero-order valence-corrected chi connectivity index (χ0v) is 16.1. The molecule has 2 N–H and O–H groups in total. The summed E-state index contributed by atoms with van der Waals surface area (Å²) in [6.07, 6.45) is 0. The summed E-state index contributed by atoms with van der Waals surface area (Å²) in [7, 11) is 0. The Balaban J connectivity index is 1.48. The molecule has 140 valence electrons. The SMILES string of the molecule is Cc1noc(C)c1-c1ccc(C(=O)NNC(=O)c2cccc3ccccc23)s1. The van der Waals surface area contributed by atoms with Crippen molar-refractivity contribution in [1.29, 1.82) is 0 Å². The molecule has 0 atom stereocenters. The molecule has 4 aromatic rings. The number of fused-ring (bicyclic) bond motifs is 1. The number of amides is 2. The van der Waals surface area contributed by atoms with Gasteiger partial charge in [0, 0.05) is 10.4 Å². The Hall–Kier alpha value is -3.45. The Bertz CT molecular complexity index is 1170. The van der Waals surface area contributed by atoms with Gasteiger partial charge >= 0.3 is 0 Å². The molecule has 0 aliphatic heterocycles. The first-order chi connectivity index (χ1) is 13.5. The fourth-order valence-corrected chi connectivity index (χ4v) is 4.14. The lowest BCUT2D eigenvalue weighted by Crippen LogP contribution is -2.41. The van der Waals surface area contributed by atoms with Crippen LogP contribution in [0.15, 0.2) is 59.1 Å². The molecule has 0 fully saturated rings. The van der Waals surface area contributed by atoms with Crippen LogP contribution in [0.1, 0.15) is 31.5 Å². The van der Waals surface area contributed by atoms with Crippen molar-refractivity contribution in [3.63, 3.8) is 0 Å². The van der Waals surface area contributed by atoms with Gasteiger partial charge in [-0.3, -0.25) is 20.4 Å². The van der Waals surface area contributed by atoms with E-state index in [1.807, 2.05) is 56.3 Å². The van der Waals surface area contributed by atoms with E-state index in [0.29, 0.717) is 16.2 Å². The van der Waals surface area contributed by atoms with Gasteiger partial charge in [0.2, 0.25) is 0 Å². The predicted octanol–water partition coefficient (Wildman–Crippen LogP) is 4.25. The van der Waals surface area contributed by atoms with E-state index in [9.17, 15) is 9.59 Å². The average molecular weight is 391 g/mol. The summed E-state index contributed by atoms with van der Waals surface area (Å²) in [6.45, 7) is 3.69. The number of hydrogen-bond donors (Lipinski definition) is 2. The Morgan fingerprint density at radius 1 is 0.929 bits per heavy atom. The third kappa shape index (κ3) is 3.27. The van der Waals surface area contributed by atoms with Gasteiger partial charge in [-0.25, -0.2) is 0 Å². The lowest BCUT2D eigenvalue weighted by atomic mass is 10.0. The van der Waals surface area contributed by atoms with E-state index in [4.69, 9.17) is 4.52 Å². The number of benzene rings is 2. The van der Waals surface area contributed by atoms with Gasteiger partial charge in [-0.1, -0.05) is 41.6 Å². The number of hydrogen-bond acceptors (Lipinski definition) is 5. The van der Waals surface area contributed by atoms with Crippen LogP contribution in [0.2, 0.25) is 0 Å². The monoisotopic (exact) mass is 391 g/mol. The maximum Gasteiger partial charge on any atom is 0.279 e. The van der Waals surface area contributed by atoms with Gasteiger partial charge in [0.1, 0.15) is 5.76 Å². The minimum absolute atomic E-state index is 0.368. The van der Waals surface area contributed by atoms with Crippen molar-refractivity contribution in [1.82, 2.24) is 16.0 Å². The summed E-state index contributed by atoms with van der Waals surface area (Å²) in [4.78, 5) is 26.3. The van der Waals surface area contributed by atoms with Gasteiger partial charge in [-0.2, -0.15) is 0 Å². The minimum Gasteiger partial charge on any atom is -0.361 e. The topological polar surface area (TPSA) is 84.2 Å². The van der Waals surface area contributed by atoms with Gasteiger partial charge in [0.15, 0.2) is 0 Å². The van der Waals surface area contributed by atoms with Gasteiger partial charge in [-0.15, -0.1) is 11.3 Å². The van der Waals surface area contributed by atoms with Crippen molar-refractivity contribution >= 4 is 33.9 Å². The molecule has 2 aromatic heterocycles. The summed E-state index contributed by atoms with van der Waals surface area (Å²) in [5, 5.41) is 5.73. The Kier molecular flexibility index (Phi) is 4.67. The lowest BCUT2D eigenvalue weighted by molar-refractivity contribution is 0.0850. The summed E-state index contributed by atoms with van der Waals surface area (Å²) >= 11 is 1.31. The normalized spacial score (nSPS) is 10.8. The maximum absolute atomic E-state index is 12.5. The standard InChI is InChI=1S/C21H17N3O3S/c1-12-19(13(2)27-24-12)17-10-11-18(28-17)21(26)23-22-20(25)16-9-5-7-14-6-3-4-8-15(14)16/h3-11H,1-2H3,(H,22,25)(H,23,26). The largest absolute Gasteiger partial charge is 0.361 e. The second-order valence-corrected chi connectivity index (χ2v) is 7.38. The van der Waals surface area contributed by atoms with Gasteiger partial charge in [0.25, 0.3) is 11.8 Å². The van der Waals surface area contributed by atoms with Gasteiger partial charge < -0.3 is 4.52 Å². The summed E-state index contributed by atoms with van der Waals surface area (Å²) in [5.74, 6) is -0.0418. The van der Waals surface area contributed by atoms with Crippen molar-refractivity contribution in [2.24, 2.45) is 0 Å². The van der Waals surface area contributed by atoms with Crippen LogP contribution in [0.25, 0.3) is 21.2 Å². The number of thiophene rings is 1. The van der Waals surface area contributed by atoms with E-state index in [0.717, 1.165) is 26.9 Å². The molecular formula is C21H17N3O3S. The lowest BCUT2D eigenvalue weighted by Gasteiger charge is -2.08. The summed E-state index contributed by atoms with van der Waals surface area (Å²) in [5.41, 5.74) is 7.14. The molecule has 2 heterocycles. The number of carbonyl (C=O) groups is 2. The van der Waals surface area contributed by atoms with Crippen LogP contribution in [0.4, 0.5) is 0 Å². The van der Waals surface area contributed by atoms with Crippen LogP contribution < -0.4 is 10.9 Å². The van der Waals surface area contributed by atoms with Crippen LogP contribution in [0.3, 0.4) is 0 Å². The third-order valence-electron chi connectivity index (χ3n) is 4.43. The molecule has 0 saturated heterocycles. The van der Waals surface area contributed by atoms with Crippen molar-refractivity contribution in [2.75, 3.05) is 0 Å². The van der Waals surface area contributed by atoms with E-state index < -0.39 is 0 Å². The van der Waals surface area contributed by atoms with Crippen molar-refractivity contribution in [3.05, 3.63) is 76.5 Å². The molecule has 28 heavy (non-hydrogen) atoms. The first-order valence-corrected chi connectivity index (χ1v) is 9.48. The molecule has 0 radical (unpaired) electrons. The van der Waals surface area contributed by atoms with Crippen LogP contribution in [0.5, 0.6) is 0 Å². The van der Waals surface area contributed by atoms with Crippen molar-refractivity contribution in [3.8, 4) is 10.4 Å². The zero-order valence-electron chi connectivity index (χ0n) is 15.3. The van der Waals surface area contributed by atoms with E-state index in [2.05, 4.69) is 16.0 Å². The highest BCUT2D eigenvalue weighted by atomic mass is 32.1.